The van der Waals surface area contributed by atoms with Gasteiger partial charge in [0.05, 0.1) is 0 Å². The summed E-state index contributed by atoms with van der Waals surface area (Å²) in [6.45, 7) is 26.5. The molecule has 0 radical (unpaired) electrons. The third kappa shape index (κ3) is 4.66. The van der Waals surface area contributed by atoms with Crippen LogP contribution >= 0.6 is 0 Å². The van der Waals surface area contributed by atoms with Crippen molar-refractivity contribution in [1.82, 2.24) is 0 Å². The predicted octanol–water partition coefficient (Wildman–Crippen LogP) is 6.73. The van der Waals surface area contributed by atoms with Crippen molar-refractivity contribution in [3.05, 3.63) is 46.5 Å². The van der Waals surface area contributed by atoms with Gasteiger partial charge < -0.3 is 5.48 Å². The van der Waals surface area contributed by atoms with E-state index in [-0.39, 0.29) is 27.1 Å². The van der Waals surface area contributed by atoms with Crippen molar-refractivity contribution in [3.63, 3.8) is 0 Å². The maximum absolute atomic E-state index is 6.58. The Balaban J connectivity index is 0.00000324. The molecule has 0 fully saturated rings. The van der Waals surface area contributed by atoms with Crippen LogP contribution in [-0.4, -0.2) is 20.1 Å². The van der Waals surface area contributed by atoms with Crippen molar-refractivity contribution in [2.24, 2.45) is 0 Å². The number of benzene rings is 2. The van der Waals surface area contributed by atoms with Gasteiger partial charge in [0.1, 0.15) is 0 Å². The van der Waals surface area contributed by atoms with Crippen molar-refractivity contribution in [1.29, 1.82) is 0 Å². The minimum Gasteiger partial charge on any atom is -0.412 e. The third-order valence-corrected chi connectivity index (χ3v) is 10.3. The van der Waals surface area contributed by atoms with Gasteiger partial charge in [0, 0.05) is 0 Å². The fourth-order valence-corrected chi connectivity index (χ4v) is 8.41. The van der Waals surface area contributed by atoms with Gasteiger partial charge in [0.15, 0.2) is 0 Å². The minimum atomic E-state index is -4.10. The summed E-state index contributed by atoms with van der Waals surface area (Å²) in [6.07, 6.45) is 0. The van der Waals surface area contributed by atoms with Gasteiger partial charge in [-0.05, 0) is 0 Å². The summed E-state index contributed by atoms with van der Waals surface area (Å²) in [4.78, 5) is 0. The van der Waals surface area contributed by atoms with Crippen molar-refractivity contribution in [2.75, 3.05) is 0 Å². The molecule has 0 aliphatic carbocycles. The zero-order valence-corrected chi connectivity index (χ0v) is 25.0. The smallest absolute Gasteiger partial charge is 0.412 e. The average Bonchev–Trinajstić information content (AvgIpc) is 3.14. The van der Waals surface area contributed by atoms with Gasteiger partial charge in [-0.1, -0.05) is 0 Å². The summed E-state index contributed by atoms with van der Waals surface area (Å²) in [6, 6.07) is 8.71. The van der Waals surface area contributed by atoms with E-state index in [9.17, 15) is 0 Å². The number of rotatable bonds is 0. The Morgan fingerprint density at radius 2 is 0.794 bits per heavy atom. The van der Waals surface area contributed by atoms with Gasteiger partial charge in [-0.3, -0.25) is 0 Å². The average molecular weight is 531 g/mol. The monoisotopic (exact) mass is 532 g/mol. The SMILES string of the molecule is CC(C)(C)c1cc2c(c(C(C)(C)C)c1)[O][Ge-]1([O]2)[O]c2cc(C(C)(C)C)cc(C(C)(C)C)c2[O]1.O. The van der Waals surface area contributed by atoms with Crippen LogP contribution in [0.3, 0.4) is 0 Å². The van der Waals surface area contributed by atoms with Crippen molar-refractivity contribution >= 4 is 14.6 Å². The molecule has 2 N–H and O–H groups in total. The van der Waals surface area contributed by atoms with Crippen molar-refractivity contribution in [2.45, 2.75) is 105 Å². The van der Waals surface area contributed by atoms with Crippen LogP contribution in [0.4, 0.5) is 0 Å². The van der Waals surface area contributed by atoms with Gasteiger partial charge in [-0.25, -0.2) is 0 Å². The Kier molecular flexibility index (Phi) is 6.15. The van der Waals surface area contributed by atoms with E-state index in [1.54, 1.807) is 0 Å². The van der Waals surface area contributed by atoms with Gasteiger partial charge in [-0.2, -0.15) is 0 Å². The van der Waals surface area contributed by atoms with E-state index < -0.39 is 14.6 Å². The molecule has 2 aliphatic heterocycles. The second-order valence-corrected chi connectivity index (χ2v) is 17.4. The van der Waals surface area contributed by atoms with Gasteiger partial charge in [0.25, 0.3) is 0 Å². The first kappa shape index (κ1) is 26.7. The molecule has 0 aromatic heterocycles. The van der Waals surface area contributed by atoms with Crippen LogP contribution in [0.15, 0.2) is 24.3 Å². The largest absolute Gasteiger partial charge is 0.412 e. The molecule has 4 rings (SSSR count). The standard InChI is InChI=1S/C28H40GeO4.H2O/c1-25(2,3)17-13-19(27(7,8)9)23-21(15-17)30-29(32-23)31-22-16-18(26(4,5)6)14-20(24(22)33-29)28(10,11)12;/h13-16H,1-12H3;1H2/q-1;. The molecule has 0 saturated carbocycles. The van der Waals surface area contributed by atoms with Gasteiger partial charge in [-0.15, -0.1) is 0 Å². The molecule has 2 aromatic carbocycles. The molecule has 2 heterocycles. The molecule has 189 valence electrons. The predicted molar refractivity (Wildman–Crippen MR) is 140 cm³/mol. The Labute approximate surface area is 209 Å². The Morgan fingerprint density at radius 3 is 1.06 bits per heavy atom. The molecule has 0 saturated heterocycles. The molecular formula is C28H42GeO5-. The number of fused-ring (bicyclic) bond motifs is 2. The molecule has 0 unspecified atom stereocenters. The summed E-state index contributed by atoms with van der Waals surface area (Å²) >= 11 is -4.10. The first-order chi connectivity index (χ1) is 14.8. The fraction of sp³-hybridized carbons (Fsp3) is 0.571. The Hall–Kier alpha value is -1.86. The first-order valence-electron chi connectivity index (χ1n) is 11.9. The van der Waals surface area contributed by atoms with Gasteiger partial charge in [0.2, 0.25) is 0 Å². The second kappa shape index (κ2) is 7.82. The summed E-state index contributed by atoms with van der Waals surface area (Å²) < 4.78 is 26.2. The first-order valence-corrected chi connectivity index (χ1v) is 15.4. The molecule has 0 bridgehead atoms. The summed E-state index contributed by atoms with van der Waals surface area (Å²) in [5.74, 6) is 3.04. The molecule has 6 heteroatoms. The van der Waals surface area contributed by atoms with E-state index in [1.165, 1.54) is 11.1 Å². The number of hydrogen-bond donors (Lipinski definition) is 0. The van der Waals surface area contributed by atoms with Crippen molar-refractivity contribution < 1.29 is 20.5 Å². The Morgan fingerprint density at radius 1 is 0.471 bits per heavy atom. The molecule has 5 nitrogen and oxygen atoms in total. The van der Waals surface area contributed by atoms with Crippen LogP contribution in [-0.2, 0) is 21.7 Å². The molecule has 2 aromatic rings. The van der Waals surface area contributed by atoms with E-state index in [0.717, 1.165) is 34.1 Å². The van der Waals surface area contributed by atoms with E-state index in [2.05, 4.69) is 107 Å². The molecule has 34 heavy (non-hydrogen) atoms. The quantitative estimate of drug-likeness (QED) is 0.354. The molecule has 0 atom stereocenters. The van der Waals surface area contributed by atoms with Crippen LogP contribution in [0.2, 0.25) is 0 Å². The van der Waals surface area contributed by atoms with Crippen LogP contribution in [0.1, 0.15) is 105 Å². The topological polar surface area (TPSA) is 68.4 Å². The minimum absolute atomic E-state index is 0. The van der Waals surface area contributed by atoms with E-state index in [0.29, 0.717) is 0 Å². The molecule has 0 amide bonds. The second-order valence-electron chi connectivity index (χ2n) is 13.6. The Bertz CT molecular complexity index is 1020. The molecular weight excluding hydrogens is 489 g/mol. The maximum Gasteiger partial charge on any atom is -0.412 e. The summed E-state index contributed by atoms with van der Waals surface area (Å²) in [7, 11) is 0. The normalized spacial score (nSPS) is 16.6. The zero-order valence-electron chi connectivity index (χ0n) is 22.9. The third-order valence-electron chi connectivity index (χ3n) is 6.38. The van der Waals surface area contributed by atoms with Crippen LogP contribution in [0.5, 0.6) is 23.0 Å². The number of hydrogen-bond acceptors (Lipinski definition) is 4. The van der Waals surface area contributed by atoms with Crippen LogP contribution < -0.4 is 15.1 Å². The summed E-state index contributed by atoms with van der Waals surface area (Å²) in [5.41, 5.74) is 4.45. The van der Waals surface area contributed by atoms with E-state index >= 15 is 0 Å². The molecule has 1 spiro atoms. The zero-order chi connectivity index (χ0) is 24.8. The molecule has 2 aliphatic rings. The van der Waals surface area contributed by atoms with Gasteiger partial charge >= 0.3 is 204 Å². The van der Waals surface area contributed by atoms with E-state index in [4.69, 9.17) is 15.1 Å². The summed E-state index contributed by atoms with van der Waals surface area (Å²) in [5, 5.41) is 0. The van der Waals surface area contributed by atoms with Crippen LogP contribution in [0, 0.1) is 0 Å². The fourth-order valence-electron chi connectivity index (χ4n) is 4.19. The van der Waals surface area contributed by atoms with Crippen molar-refractivity contribution in [3.8, 4) is 23.0 Å². The van der Waals surface area contributed by atoms with E-state index in [1.807, 2.05) is 0 Å². The maximum atomic E-state index is 6.58. The van der Waals surface area contributed by atoms with Crippen LogP contribution in [0.25, 0.3) is 0 Å².